The maximum Gasteiger partial charge on any atom is -0.870 e. The minimum absolute atomic E-state index is 0. The smallest absolute Gasteiger partial charge is 0.870 e. The molecule has 0 spiro atoms. The van der Waals surface area contributed by atoms with E-state index in [0.29, 0.717) is 0 Å². The van der Waals surface area contributed by atoms with Crippen molar-refractivity contribution in [1.29, 1.82) is 0 Å². The molecule has 0 aliphatic carbocycles. The Hall–Kier alpha value is 0.518. The van der Waals surface area contributed by atoms with Crippen molar-refractivity contribution in [2.75, 3.05) is 0 Å². The Morgan fingerprint density at radius 2 is 0.900 bits per heavy atom. The maximum absolute atomic E-state index is 2.38. The van der Waals surface area contributed by atoms with E-state index in [4.69, 9.17) is 0 Å². The van der Waals surface area contributed by atoms with Crippen LogP contribution in [0, 0.1) is 0 Å². The molecule has 0 aromatic rings. The molecule has 1 nitrogen and oxygen atoms in total. The molecule has 0 radical (unpaired) electrons. The van der Waals surface area contributed by atoms with Crippen molar-refractivity contribution < 1.29 is 5.48 Å². The monoisotopic (exact) mass is 208 g/mol. The van der Waals surface area contributed by atoms with Gasteiger partial charge in [-0.25, -0.2) is 0 Å². The van der Waals surface area contributed by atoms with Crippen molar-refractivity contribution in [2.24, 2.45) is 0 Å². The van der Waals surface area contributed by atoms with Crippen molar-refractivity contribution in [2.45, 2.75) is 48.5 Å². The first kappa shape index (κ1) is 13.1. The molecule has 0 rings (SSSR count). The Kier molecular flexibility index (Phi) is 8.20. The van der Waals surface area contributed by atoms with Crippen LogP contribution in [0.4, 0.5) is 0 Å². The van der Waals surface area contributed by atoms with E-state index in [-0.39, 0.29) is 5.48 Å². The normalized spacial score (nSPS) is 10.8. The summed E-state index contributed by atoms with van der Waals surface area (Å²) in [5, 5.41) is 6.06. The molecule has 0 fully saturated rings. The second kappa shape index (κ2) is 6.24. The first-order chi connectivity index (χ1) is 4.24. The van der Waals surface area contributed by atoms with Crippen molar-refractivity contribution in [1.82, 2.24) is 0 Å². The van der Waals surface area contributed by atoms with E-state index in [9.17, 15) is 0 Å². The molecule has 0 amide bonds. The fourth-order valence-corrected chi connectivity index (χ4v) is 6.97. The molecule has 0 aromatic heterocycles. The zero-order chi connectivity index (χ0) is 7.33. The average molecular weight is 208 g/mol. The molecule has 1 N–H and O–H groups in total. The van der Waals surface area contributed by atoms with Crippen LogP contribution in [0.3, 0.4) is 0 Å². The van der Waals surface area contributed by atoms with Gasteiger partial charge in [0.2, 0.25) is 0 Å². The van der Waals surface area contributed by atoms with E-state index >= 15 is 0 Å². The molecule has 64 valence electrons. The van der Waals surface area contributed by atoms with E-state index < -0.39 is 13.6 Å². The first-order valence-electron chi connectivity index (χ1n) is 4.09. The minimum Gasteiger partial charge on any atom is -0.870 e. The van der Waals surface area contributed by atoms with Gasteiger partial charge in [0, 0.05) is 0 Å². The van der Waals surface area contributed by atoms with Crippen molar-refractivity contribution >= 4 is 13.6 Å². The first-order valence-corrected chi connectivity index (χ1v) is 9.40. The predicted octanol–water partition coefficient (Wildman–Crippen LogP) is 3.34. The third-order valence-corrected chi connectivity index (χ3v) is 13.9. The molecule has 0 atom stereocenters. The standard InChI is InChI=1S/C8H20As.H2O/c1-5-9(6-2,7-3)8-4;/h5-8H2,1-4H3;1H2/q+1;/p-1. The summed E-state index contributed by atoms with van der Waals surface area (Å²) >= 11 is -1.01. The van der Waals surface area contributed by atoms with Crippen LogP contribution in [0.15, 0.2) is 0 Å². The molecule has 2 heteroatoms. The second-order valence-electron chi connectivity index (χ2n) is 2.61. The molecule has 0 saturated heterocycles. The Morgan fingerprint density at radius 3 is 0.900 bits per heavy atom. The van der Waals surface area contributed by atoms with Gasteiger partial charge in [-0.2, -0.15) is 0 Å². The van der Waals surface area contributed by atoms with E-state index in [1.165, 1.54) is 20.8 Å². The summed E-state index contributed by atoms with van der Waals surface area (Å²) in [6.07, 6.45) is 0. The van der Waals surface area contributed by atoms with E-state index in [2.05, 4.69) is 27.7 Å². The summed E-state index contributed by atoms with van der Waals surface area (Å²) in [4.78, 5) is 0. The van der Waals surface area contributed by atoms with Crippen LogP contribution in [0.5, 0.6) is 0 Å². The van der Waals surface area contributed by atoms with Crippen LogP contribution in [0.25, 0.3) is 0 Å². The third kappa shape index (κ3) is 3.07. The molecular weight excluding hydrogens is 187 g/mol. The second-order valence-corrected chi connectivity index (χ2v) is 13.5. The third-order valence-electron chi connectivity index (χ3n) is 2.68. The van der Waals surface area contributed by atoms with Gasteiger partial charge in [-0.1, -0.05) is 0 Å². The molecule has 0 aliphatic rings. The van der Waals surface area contributed by atoms with Gasteiger partial charge in [0.1, 0.15) is 0 Å². The van der Waals surface area contributed by atoms with Gasteiger partial charge >= 0.3 is 62.1 Å². The Morgan fingerprint density at radius 1 is 0.700 bits per heavy atom. The molecule has 0 unspecified atom stereocenters. The van der Waals surface area contributed by atoms with E-state index in [1.807, 2.05) is 0 Å². The Labute approximate surface area is 68.0 Å². The summed E-state index contributed by atoms with van der Waals surface area (Å²) in [5.74, 6) is 0. The number of rotatable bonds is 4. The Bertz CT molecular complexity index is 52.1. The molecular formula is C8H21AsO. The Balaban J connectivity index is 0. The van der Waals surface area contributed by atoms with Crippen molar-refractivity contribution in [3.05, 3.63) is 0 Å². The van der Waals surface area contributed by atoms with E-state index in [0.717, 1.165) is 0 Å². The summed E-state index contributed by atoms with van der Waals surface area (Å²) in [7, 11) is 0. The van der Waals surface area contributed by atoms with Gasteiger partial charge in [0.25, 0.3) is 0 Å². The fourth-order valence-electron chi connectivity index (χ4n) is 1.34. The topological polar surface area (TPSA) is 30.0 Å². The largest absolute Gasteiger partial charge is 0.870 e. The number of hydrogen-bond acceptors (Lipinski definition) is 1. The molecule has 0 aliphatic heterocycles. The molecule has 0 heterocycles. The van der Waals surface area contributed by atoms with Crippen LogP contribution >= 0.6 is 0 Å². The van der Waals surface area contributed by atoms with Crippen LogP contribution in [-0.4, -0.2) is 19.0 Å². The zero-order valence-corrected chi connectivity index (χ0v) is 9.60. The summed E-state index contributed by atoms with van der Waals surface area (Å²) in [5.41, 5.74) is 0. The van der Waals surface area contributed by atoms with E-state index in [1.54, 1.807) is 0 Å². The van der Waals surface area contributed by atoms with Gasteiger partial charge in [0.05, 0.1) is 0 Å². The summed E-state index contributed by atoms with van der Waals surface area (Å²) in [6, 6.07) is 0. The van der Waals surface area contributed by atoms with Gasteiger partial charge in [-0.05, 0) is 0 Å². The van der Waals surface area contributed by atoms with Crippen molar-refractivity contribution in [3.8, 4) is 0 Å². The summed E-state index contributed by atoms with van der Waals surface area (Å²) in [6.45, 7) is 9.51. The van der Waals surface area contributed by atoms with Gasteiger partial charge in [-0.15, -0.1) is 0 Å². The van der Waals surface area contributed by atoms with Crippen LogP contribution in [0.1, 0.15) is 27.7 Å². The summed E-state index contributed by atoms with van der Waals surface area (Å²) < 4.78 is 0. The molecule has 0 saturated carbocycles. The van der Waals surface area contributed by atoms with Crippen LogP contribution < -0.4 is 0 Å². The van der Waals surface area contributed by atoms with Gasteiger partial charge < -0.3 is 5.48 Å². The quantitative estimate of drug-likeness (QED) is 0.651. The SMILES string of the molecule is CC[As+](CC)(CC)CC.[OH-]. The molecule has 0 bridgehead atoms. The zero-order valence-electron chi connectivity index (χ0n) is 7.72. The van der Waals surface area contributed by atoms with Crippen molar-refractivity contribution in [3.63, 3.8) is 0 Å². The van der Waals surface area contributed by atoms with Crippen LogP contribution in [-0.2, 0) is 0 Å². The fraction of sp³-hybridized carbons (Fsp3) is 1.00. The van der Waals surface area contributed by atoms with Gasteiger partial charge in [0.15, 0.2) is 0 Å². The average Bonchev–Trinajstić information content (AvgIpc) is 1.95. The van der Waals surface area contributed by atoms with Gasteiger partial charge in [-0.3, -0.25) is 0 Å². The predicted molar refractivity (Wildman–Crippen MR) is 49.6 cm³/mol. The molecule has 10 heavy (non-hydrogen) atoms. The minimum atomic E-state index is -1.01. The maximum atomic E-state index is 2.38. The number of hydrogen-bond donors (Lipinski definition) is 0. The van der Waals surface area contributed by atoms with Crippen LogP contribution in [0.2, 0.25) is 20.8 Å². The molecule has 0 aromatic carbocycles.